The lowest BCUT2D eigenvalue weighted by Crippen LogP contribution is -2.38. The molecule has 1 aliphatic rings. The van der Waals surface area contributed by atoms with Crippen LogP contribution in [0, 0.1) is 6.92 Å². The third-order valence-electron chi connectivity index (χ3n) is 5.16. The Morgan fingerprint density at radius 3 is 2.78 bits per heavy atom. The van der Waals surface area contributed by atoms with Crippen molar-refractivity contribution in [3.8, 4) is 0 Å². The van der Waals surface area contributed by atoms with Crippen LogP contribution in [-0.2, 0) is 4.79 Å². The van der Waals surface area contributed by atoms with Crippen molar-refractivity contribution in [2.75, 3.05) is 25.0 Å². The third-order valence-corrected chi connectivity index (χ3v) is 6.76. The number of rotatable bonds is 4. The van der Waals surface area contributed by atoms with Crippen molar-refractivity contribution in [1.29, 1.82) is 0 Å². The molecule has 0 aliphatic carbocycles. The van der Waals surface area contributed by atoms with Gasteiger partial charge in [-0.05, 0) is 62.7 Å². The highest BCUT2D eigenvalue weighted by Crippen LogP contribution is 2.33. The van der Waals surface area contributed by atoms with Crippen LogP contribution in [0.1, 0.15) is 29.3 Å². The highest BCUT2D eigenvalue weighted by Gasteiger charge is 2.24. The summed E-state index contributed by atoms with van der Waals surface area (Å²) in [6, 6.07) is 13.9. The van der Waals surface area contributed by atoms with Crippen LogP contribution in [0.5, 0.6) is 0 Å². The summed E-state index contributed by atoms with van der Waals surface area (Å²) in [4.78, 5) is 19.4. The van der Waals surface area contributed by atoms with Gasteiger partial charge in [0, 0.05) is 16.6 Å². The predicted molar refractivity (Wildman–Crippen MR) is 113 cm³/mol. The lowest BCUT2D eigenvalue weighted by molar-refractivity contribution is -0.117. The molecule has 0 unspecified atom stereocenters. The molecule has 1 saturated heterocycles. The Balaban J connectivity index is 1.32. The Morgan fingerprint density at radius 2 is 2.00 bits per heavy atom. The number of amides is 1. The number of carbonyl (C=O) groups excluding carboxylic acids is 1. The van der Waals surface area contributed by atoms with Gasteiger partial charge in [0.15, 0.2) is 0 Å². The maximum atomic E-state index is 12.4. The van der Waals surface area contributed by atoms with Gasteiger partial charge in [-0.25, -0.2) is 4.98 Å². The van der Waals surface area contributed by atoms with E-state index in [-0.39, 0.29) is 5.91 Å². The summed E-state index contributed by atoms with van der Waals surface area (Å²) >= 11 is 7.93. The second-order valence-electron chi connectivity index (χ2n) is 7.03. The smallest absolute Gasteiger partial charge is 0.238 e. The topological polar surface area (TPSA) is 45.2 Å². The van der Waals surface area contributed by atoms with Gasteiger partial charge in [0.05, 0.1) is 21.8 Å². The van der Waals surface area contributed by atoms with Crippen molar-refractivity contribution in [3.63, 3.8) is 0 Å². The number of aromatic nitrogens is 1. The van der Waals surface area contributed by atoms with E-state index in [9.17, 15) is 4.79 Å². The van der Waals surface area contributed by atoms with Gasteiger partial charge in [-0.2, -0.15) is 0 Å². The first-order valence-electron chi connectivity index (χ1n) is 9.23. The summed E-state index contributed by atoms with van der Waals surface area (Å²) in [5.41, 5.74) is 2.79. The monoisotopic (exact) mass is 399 g/mol. The van der Waals surface area contributed by atoms with E-state index in [4.69, 9.17) is 16.6 Å². The van der Waals surface area contributed by atoms with Crippen molar-refractivity contribution >= 4 is 44.7 Å². The summed E-state index contributed by atoms with van der Waals surface area (Å²) in [5.74, 6) is 0.510. The van der Waals surface area contributed by atoms with E-state index in [0.717, 1.165) is 42.7 Å². The van der Waals surface area contributed by atoms with Crippen LogP contribution >= 0.6 is 22.9 Å². The number of thiazole rings is 1. The summed E-state index contributed by atoms with van der Waals surface area (Å²) in [5, 5.41) is 4.89. The fourth-order valence-electron chi connectivity index (χ4n) is 3.54. The minimum atomic E-state index is 0.0128. The minimum Gasteiger partial charge on any atom is -0.325 e. The molecule has 2 aromatic carbocycles. The maximum absolute atomic E-state index is 12.4. The molecule has 3 aromatic rings. The van der Waals surface area contributed by atoms with Crippen molar-refractivity contribution in [2.45, 2.75) is 25.7 Å². The molecule has 0 saturated carbocycles. The molecule has 1 amide bonds. The van der Waals surface area contributed by atoms with E-state index >= 15 is 0 Å². The normalized spacial score (nSPS) is 15.9. The van der Waals surface area contributed by atoms with Crippen LogP contribution in [0.3, 0.4) is 0 Å². The Bertz CT molecular complexity index is 930. The molecule has 2 heterocycles. The Hall–Kier alpha value is -1.95. The molecule has 1 N–H and O–H groups in total. The van der Waals surface area contributed by atoms with Gasteiger partial charge < -0.3 is 5.32 Å². The molecule has 4 rings (SSSR count). The summed E-state index contributed by atoms with van der Waals surface area (Å²) in [6.45, 7) is 4.17. The van der Waals surface area contributed by atoms with E-state index < -0.39 is 0 Å². The second-order valence-corrected chi connectivity index (χ2v) is 8.50. The summed E-state index contributed by atoms with van der Waals surface area (Å²) < 4.78 is 1.26. The lowest BCUT2D eigenvalue weighted by Gasteiger charge is -2.30. The zero-order chi connectivity index (χ0) is 18.8. The molecule has 27 heavy (non-hydrogen) atoms. The first-order chi connectivity index (χ1) is 13.1. The SMILES string of the molecule is Cc1c(Cl)cccc1NC(=O)CN1CCC(c2nc3ccccc3s2)CC1. The van der Waals surface area contributed by atoms with Gasteiger partial charge >= 0.3 is 0 Å². The number of piperidine rings is 1. The Kier molecular flexibility index (Phi) is 5.43. The van der Waals surface area contributed by atoms with Crippen molar-refractivity contribution < 1.29 is 4.79 Å². The first kappa shape index (κ1) is 18.4. The number of fused-ring (bicyclic) bond motifs is 1. The summed E-state index contributed by atoms with van der Waals surface area (Å²) in [6.07, 6.45) is 2.09. The molecule has 4 nitrogen and oxygen atoms in total. The summed E-state index contributed by atoms with van der Waals surface area (Å²) in [7, 11) is 0. The average molecular weight is 400 g/mol. The molecule has 1 aromatic heterocycles. The van der Waals surface area contributed by atoms with E-state index in [0.29, 0.717) is 17.5 Å². The van der Waals surface area contributed by atoms with Crippen LogP contribution in [0.15, 0.2) is 42.5 Å². The van der Waals surface area contributed by atoms with Crippen molar-refractivity contribution in [1.82, 2.24) is 9.88 Å². The average Bonchev–Trinajstić information content (AvgIpc) is 3.10. The number of likely N-dealkylation sites (tertiary alicyclic amines) is 1. The maximum Gasteiger partial charge on any atom is 0.238 e. The number of anilines is 1. The number of para-hydroxylation sites is 1. The van der Waals surface area contributed by atoms with Gasteiger partial charge in [-0.15, -0.1) is 11.3 Å². The van der Waals surface area contributed by atoms with Crippen LogP contribution in [0.25, 0.3) is 10.2 Å². The quantitative estimate of drug-likeness (QED) is 0.665. The Labute approximate surface area is 168 Å². The van der Waals surface area contributed by atoms with Gasteiger partial charge in [-0.3, -0.25) is 9.69 Å². The number of nitrogens with one attached hydrogen (secondary N) is 1. The number of hydrogen-bond donors (Lipinski definition) is 1. The van der Waals surface area contributed by atoms with Gasteiger partial charge in [0.2, 0.25) is 5.91 Å². The molecule has 1 fully saturated rings. The van der Waals surface area contributed by atoms with E-state index in [2.05, 4.69) is 28.4 Å². The third kappa shape index (κ3) is 4.15. The highest BCUT2D eigenvalue weighted by atomic mass is 35.5. The number of hydrogen-bond acceptors (Lipinski definition) is 4. The van der Waals surface area contributed by atoms with Crippen molar-refractivity contribution in [2.24, 2.45) is 0 Å². The molecular formula is C21H22ClN3OS. The van der Waals surface area contributed by atoms with Gasteiger partial charge in [-0.1, -0.05) is 29.8 Å². The highest BCUT2D eigenvalue weighted by molar-refractivity contribution is 7.18. The van der Waals surface area contributed by atoms with Gasteiger partial charge in [0.1, 0.15) is 0 Å². The molecule has 0 bridgehead atoms. The zero-order valence-corrected chi connectivity index (χ0v) is 16.8. The lowest BCUT2D eigenvalue weighted by atomic mass is 9.97. The van der Waals surface area contributed by atoms with Crippen molar-refractivity contribution in [3.05, 3.63) is 58.1 Å². The Morgan fingerprint density at radius 1 is 1.22 bits per heavy atom. The van der Waals surface area contributed by atoms with E-state index in [1.165, 1.54) is 9.71 Å². The number of carbonyl (C=O) groups is 1. The molecule has 0 spiro atoms. The molecular weight excluding hydrogens is 378 g/mol. The van der Waals surface area contributed by atoms with E-state index in [1.807, 2.05) is 31.2 Å². The largest absolute Gasteiger partial charge is 0.325 e. The van der Waals surface area contributed by atoms with Crippen LogP contribution < -0.4 is 5.32 Å². The number of nitrogens with zero attached hydrogens (tertiary/aromatic N) is 2. The number of benzene rings is 2. The first-order valence-corrected chi connectivity index (χ1v) is 10.4. The molecule has 140 valence electrons. The predicted octanol–water partition coefficient (Wildman–Crippen LogP) is 5.08. The van der Waals surface area contributed by atoms with E-state index in [1.54, 1.807) is 11.3 Å². The minimum absolute atomic E-state index is 0.0128. The van der Waals surface area contributed by atoms with Crippen LogP contribution in [0.4, 0.5) is 5.69 Å². The zero-order valence-electron chi connectivity index (χ0n) is 15.2. The molecule has 0 atom stereocenters. The number of halogens is 1. The molecule has 6 heteroatoms. The second kappa shape index (κ2) is 7.97. The molecule has 1 aliphatic heterocycles. The van der Waals surface area contributed by atoms with Crippen LogP contribution in [0.2, 0.25) is 5.02 Å². The molecule has 0 radical (unpaired) electrons. The van der Waals surface area contributed by atoms with Gasteiger partial charge in [0.25, 0.3) is 0 Å². The standard InChI is InChI=1S/C21H22ClN3OS/c1-14-16(22)5-4-7-17(14)23-20(26)13-25-11-9-15(10-12-25)21-24-18-6-2-3-8-19(18)27-21/h2-8,15H,9-13H2,1H3,(H,23,26). The van der Waals surface area contributed by atoms with Crippen LogP contribution in [-0.4, -0.2) is 35.4 Å². The fourth-order valence-corrected chi connectivity index (χ4v) is 4.85. The fraction of sp³-hybridized carbons (Fsp3) is 0.333.